The quantitative estimate of drug-likeness (QED) is 0.806. The number of halogens is 2. The van der Waals surface area contributed by atoms with E-state index in [0.29, 0.717) is 33.5 Å². The molecule has 3 rings (SSSR count). The molecule has 0 bridgehead atoms. The Balaban J connectivity index is 1.85. The van der Waals surface area contributed by atoms with Crippen LogP contribution in [0, 0.1) is 0 Å². The monoisotopic (exact) mass is 383 g/mol. The van der Waals surface area contributed by atoms with Crippen LogP contribution >= 0.6 is 23.2 Å². The zero-order valence-corrected chi connectivity index (χ0v) is 15.3. The molecule has 1 aromatic rings. The Morgan fingerprint density at radius 3 is 2.88 bits per heavy atom. The Labute approximate surface area is 156 Å². The zero-order valence-electron chi connectivity index (χ0n) is 13.8. The van der Waals surface area contributed by atoms with E-state index >= 15 is 0 Å². The Hall–Kier alpha value is -1.56. The van der Waals surface area contributed by atoms with E-state index in [9.17, 15) is 9.59 Å². The summed E-state index contributed by atoms with van der Waals surface area (Å²) in [6, 6.07) is 5.05. The first-order valence-electron chi connectivity index (χ1n) is 8.20. The molecule has 1 amide bonds. The summed E-state index contributed by atoms with van der Waals surface area (Å²) in [5.41, 5.74) is 1.59. The highest BCUT2D eigenvalue weighted by atomic mass is 35.5. The normalized spacial score (nSPS) is 23.6. The van der Waals surface area contributed by atoms with Crippen LogP contribution in [0.5, 0.6) is 0 Å². The molecular weight excluding hydrogens is 365 g/mol. The smallest absolute Gasteiger partial charge is 0.336 e. The van der Waals surface area contributed by atoms with Gasteiger partial charge in [0.2, 0.25) is 5.91 Å². The van der Waals surface area contributed by atoms with Gasteiger partial charge >= 0.3 is 5.97 Å². The van der Waals surface area contributed by atoms with E-state index in [1.165, 1.54) is 0 Å². The topological polar surface area (TPSA) is 64.6 Å². The molecule has 0 unspecified atom stereocenters. The van der Waals surface area contributed by atoms with Crippen LogP contribution in [-0.2, 0) is 19.1 Å². The molecule has 0 radical (unpaired) electrons. The minimum atomic E-state index is -0.462. The van der Waals surface area contributed by atoms with Gasteiger partial charge in [-0.15, -0.1) is 0 Å². The van der Waals surface area contributed by atoms with Gasteiger partial charge in [0.05, 0.1) is 11.7 Å². The molecule has 1 N–H and O–H groups in total. The van der Waals surface area contributed by atoms with Crippen molar-refractivity contribution in [3.63, 3.8) is 0 Å². The number of esters is 1. The van der Waals surface area contributed by atoms with Crippen molar-refractivity contribution in [1.82, 2.24) is 5.32 Å². The maximum absolute atomic E-state index is 12.7. The Morgan fingerprint density at radius 2 is 2.20 bits per heavy atom. The van der Waals surface area contributed by atoms with Gasteiger partial charge in [0, 0.05) is 34.7 Å². The number of ether oxygens (including phenoxy) is 2. The summed E-state index contributed by atoms with van der Waals surface area (Å²) in [5, 5.41) is 3.63. The van der Waals surface area contributed by atoms with Crippen molar-refractivity contribution >= 4 is 35.1 Å². The zero-order chi connectivity index (χ0) is 18.0. The Morgan fingerprint density at radius 1 is 1.40 bits per heavy atom. The highest BCUT2D eigenvalue weighted by molar-refractivity contribution is 6.35. The van der Waals surface area contributed by atoms with E-state index in [4.69, 9.17) is 32.7 Å². The average molecular weight is 384 g/mol. The highest BCUT2D eigenvalue weighted by Crippen LogP contribution is 2.38. The molecule has 1 aromatic carbocycles. The first-order valence-corrected chi connectivity index (χ1v) is 8.95. The molecule has 2 atom stereocenters. The molecule has 134 valence electrons. The lowest BCUT2D eigenvalue weighted by atomic mass is 9.84. The second-order valence-electron chi connectivity index (χ2n) is 6.24. The summed E-state index contributed by atoms with van der Waals surface area (Å²) in [7, 11) is 0. The van der Waals surface area contributed by atoms with Gasteiger partial charge in [-0.25, -0.2) is 4.79 Å². The van der Waals surface area contributed by atoms with Crippen LogP contribution in [0.1, 0.15) is 37.7 Å². The van der Waals surface area contributed by atoms with Gasteiger partial charge in [-0.05, 0) is 37.5 Å². The number of allylic oxidation sites excluding steroid dienone is 1. The maximum atomic E-state index is 12.7. The molecular formula is C18H19Cl2NO4. The lowest BCUT2D eigenvalue weighted by Crippen LogP contribution is -2.34. The summed E-state index contributed by atoms with van der Waals surface area (Å²) >= 11 is 12.3. The van der Waals surface area contributed by atoms with E-state index in [0.717, 1.165) is 12.8 Å². The molecule has 0 saturated carbocycles. The first kappa shape index (κ1) is 18.2. The molecule has 0 spiro atoms. The summed E-state index contributed by atoms with van der Waals surface area (Å²) in [4.78, 5) is 24.7. The number of hydrogen-bond donors (Lipinski definition) is 1. The fraction of sp³-hybridized carbons (Fsp3) is 0.444. The third-order valence-corrected chi connectivity index (χ3v) is 5.01. The fourth-order valence-electron chi connectivity index (χ4n) is 3.24. The van der Waals surface area contributed by atoms with Gasteiger partial charge in [-0.3, -0.25) is 4.79 Å². The second-order valence-corrected chi connectivity index (χ2v) is 7.09. The first-order chi connectivity index (χ1) is 12.0. The van der Waals surface area contributed by atoms with Crippen LogP contribution in [0.2, 0.25) is 10.0 Å². The summed E-state index contributed by atoms with van der Waals surface area (Å²) in [6.07, 6.45) is 1.93. The second kappa shape index (κ2) is 7.77. The number of amides is 1. The van der Waals surface area contributed by atoms with Gasteiger partial charge in [0.1, 0.15) is 6.61 Å². The standard InChI is InChI=1S/C18H19Cl2NO4/c1-10-17(18(23)25-9-12-3-2-6-24-12)14(8-16(22)21-10)13-5-4-11(19)7-15(13)20/h4-5,7,12,14H,2-3,6,8-9H2,1H3,(H,21,22)/t12-,14+/m0/s1. The number of benzene rings is 1. The Kier molecular flexibility index (Phi) is 5.67. The van der Waals surface area contributed by atoms with Gasteiger partial charge in [0.15, 0.2) is 0 Å². The Bertz CT molecular complexity index is 726. The summed E-state index contributed by atoms with van der Waals surface area (Å²) < 4.78 is 10.9. The molecule has 1 fully saturated rings. The van der Waals surface area contributed by atoms with Crippen LogP contribution in [0.25, 0.3) is 0 Å². The predicted octanol–water partition coefficient (Wildman–Crippen LogP) is 3.59. The van der Waals surface area contributed by atoms with Crippen LogP contribution in [0.3, 0.4) is 0 Å². The molecule has 2 heterocycles. The molecule has 0 aromatic heterocycles. The van der Waals surface area contributed by atoms with Gasteiger partial charge in [-0.2, -0.15) is 0 Å². The molecule has 25 heavy (non-hydrogen) atoms. The molecule has 7 heteroatoms. The van der Waals surface area contributed by atoms with Crippen molar-refractivity contribution in [2.75, 3.05) is 13.2 Å². The van der Waals surface area contributed by atoms with Gasteiger partial charge in [0.25, 0.3) is 0 Å². The maximum Gasteiger partial charge on any atom is 0.336 e. The SMILES string of the molecule is CC1=C(C(=O)OC[C@@H]2CCCO2)[C@@H](c2ccc(Cl)cc2Cl)CC(=O)N1. The van der Waals surface area contributed by atoms with E-state index < -0.39 is 11.9 Å². The number of carbonyl (C=O) groups excluding carboxylic acids is 2. The van der Waals surface area contributed by atoms with Crippen molar-refractivity contribution in [2.45, 2.75) is 38.2 Å². The van der Waals surface area contributed by atoms with Gasteiger partial charge < -0.3 is 14.8 Å². The minimum absolute atomic E-state index is 0.0550. The van der Waals surface area contributed by atoms with Crippen molar-refractivity contribution in [3.05, 3.63) is 45.1 Å². The van der Waals surface area contributed by atoms with E-state index in [-0.39, 0.29) is 25.0 Å². The lowest BCUT2D eigenvalue weighted by Gasteiger charge is -2.27. The largest absolute Gasteiger partial charge is 0.460 e. The van der Waals surface area contributed by atoms with E-state index in [2.05, 4.69) is 5.32 Å². The number of carbonyl (C=O) groups is 2. The van der Waals surface area contributed by atoms with E-state index in [1.807, 2.05) is 0 Å². The van der Waals surface area contributed by atoms with Crippen molar-refractivity contribution in [1.29, 1.82) is 0 Å². The number of hydrogen-bond acceptors (Lipinski definition) is 4. The van der Waals surface area contributed by atoms with E-state index in [1.54, 1.807) is 25.1 Å². The summed E-state index contributed by atoms with van der Waals surface area (Å²) in [6.45, 7) is 2.60. The molecule has 2 aliphatic rings. The molecule has 2 aliphatic heterocycles. The van der Waals surface area contributed by atoms with Crippen molar-refractivity contribution in [3.8, 4) is 0 Å². The minimum Gasteiger partial charge on any atom is -0.460 e. The van der Waals surface area contributed by atoms with Crippen molar-refractivity contribution < 1.29 is 19.1 Å². The third kappa shape index (κ3) is 4.17. The lowest BCUT2D eigenvalue weighted by molar-refractivity contribution is -0.142. The average Bonchev–Trinajstić information content (AvgIpc) is 3.05. The van der Waals surface area contributed by atoms with Crippen LogP contribution in [0.4, 0.5) is 0 Å². The fourth-order valence-corrected chi connectivity index (χ4v) is 3.78. The van der Waals surface area contributed by atoms with Crippen LogP contribution in [-0.4, -0.2) is 31.2 Å². The molecule has 0 aliphatic carbocycles. The highest BCUT2D eigenvalue weighted by Gasteiger charge is 2.34. The summed E-state index contributed by atoms with van der Waals surface area (Å²) in [5.74, 6) is -1.08. The van der Waals surface area contributed by atoms with Crippen LogP contribution < -0.4 is 5.32 Å². The van der Waals surface area contributed by atoms with Crippen molar-refractivity contribution in [2.24, 2.45) is 0 Å². The van der Waals surface area contributed by atoms with Crippen LogP contribution in [0.15, 0.2) is 29.5 Å². The predicted molar refractivity (Wildman–Crippen MR) is 94.6 cm³/mol. The third-order valence-electron chi connectivity index (χ3n) is 4.45. The molecule has 1 saturated heterocycles. The molecule has 5 nitrogen and oxygen atoms in total. The number of rotatable bonds is 4. The number of nitrogens with one attached hydrogen (secondary N) is 1. The van der Waals surface area contributed by atoms with Gasteiger partial charge in [-0.1, -0.05) is 29.3 Å².